The summed E-state index contributed by atoms with van der Waals surface area (Å²) in [7, 11) is 1.46. The van der Waals surface area contributed by atoms with Crippen molar-refractivity contribution in [3.05, 3.63) is 35.9 Å². The van der Waals surface area contributed by atoms with Gasteiger partial charge in [0.25, 0.3) is 0 Å². The third-order valence-electron chi connectivity index (χ3n) is 7.01. The molecule has 0 spiro atoms. The Labute approximate surface area is 175 Å². The van der Waals surface area contributed by atoms with Crippen LogP contribution in [0.15, 0.2) is 30.3 Å². The van der Waals surface area contributed by atoms with Gasteiger partial charge < -0.3 is 24.2 Å². The quantitative estimate of drug-likeness (QED) is 0.551. The summed E-state index contributed by atoms with van der Waals surface area (Å²) in [6.07, 6.45) is 2.22. The number of amides is 1. The summed E-state index contributed by atoms with van der Waals surface area (Å²) in [5.41, 5.74) is 0.720. The number of carbonyl (C=O) groups excluding carboxylic acids is 2. The van der Waals surface area contributed by atoms with Gasteiger partial charge in [-0.3, -0.25) is 4.79 Å². The van der Waals surface area contributed by atoms with Crippen molar-refractivity contribution in [2.24, 2.45) is 5.41 Å². The van der Waals surface area contributed by atoms with E-state index >= 15 is 0 Å². The van der Waals surface area contributed by atoms with Gasteiger partial charge >= 0.3 is 12.1 Å². The fourth-order valence-corrected chi connectivity index (χ4v) is 6.04. The Hall–Kier alpha value is -2.35. The number of esters is 1. The topological polar surface area (TPSA) is 62.3 Å². The zero-order valence-electron chi connectivity index (χ0n) is 16.5. The maximum absolute atomic E-state index is 12.5. The first-order valence-corrected chi connectivity index (χ1v) is 10.5. The molecule has 0 N–H and O–H groups in total. The fourth-order valence-electron chi connectivity index (χ4n) is 5.53. The van der Waals surface area contributed by atoms with Crippen LogP contribution in [0.4, 0.5) is 4.79 Å². The van der Waals surface area contributed by atoms with Crippen LogP contribution in [0, 0.1) is 5.41 Å². The Balaban J connectivity index is 1.18. The predicted octanol–water partition coefficient (Wildman–Crippen LogP) is 2.01. The molecule has 0 unspecified atom stereocenters. The molecule has 3 saturated carbocycles. The number of nitrogens with zero attached hydrogens (tertiary/aromatic N) is 3. The highest BCUT2D eigenvalue weighted by atomic mass is 32.1. The fraction of sp³-hybridized carbons (Fsp3) is 0.571. The van der Waals surface area contributed by atoms with Crippen LogP contribution in [0.2, 0.25) is 0 Å². The monoisotopic (exact) mass is 415 g/mol. The number of methoxy groups -OCH3 is 1. The van der Waals surface area contributed by atoms with Crippen molar-refractivity contribution in [3.8, 4) is 0 Å². The maximum Gasteiger partial charge on any atom is 0.410 e. The van der Waals surface area contributed by atoms with E-state index in [9.17, 15) is 9.59 Å². The molecule has 0 aromatic heterocycles. The molecule has 1 atom stereocenters. The second-order valence-electron chi connectivity index (χ2n) is 8.75. The van der Waals surface area contributed by atoms with Crippen molar-refractivity contribution in [2.45, 2.75) is 37.5 Å². The Morgan fingerprint density at radius 3 is 2.55 bits per heavy atom. The molecule has 1 aromatic rings. The van der Waals surface area contributed by atoms with E-state index in [1.807, 2.05) is 30.3 Å². The number of hydrogen-bond donors (Lipinski definition) is 0. The van der Waals surface area contributed by atoms with Crippen molar-refractivity contribution in [1.29, 1.82) is 0 Å². The number of ether oxygens (including phenoxy) is 2. The molecule has 5 aliphatic rings. The molecule has 1 aromatic carbocycles. The molecular weight excluding hydrogens is 390 g/mol. The number of thiocarbonyl (C=S) groups is 1. The zero-order valence-corrected chi connectivity index (χ0v) is 17.3. The molecule has 3 aliphatic carbocycles. The number of carbonyl (C=O) groups is 2. The van der Waals surface area contributed by atoms with Crippen molar-refractivity contribution >= 4 is 29.4 Å². The van der Waals surface area contributed by atoms with Crippen LogP contribution in [0.3, 0.4) is 0 Å². The minimum atomic E-state index is -0.277. The molecule has 7 nitrogen and oxygen atoms in total. The third kappa shape index (κ3) is 2.79. The highest BCUT2D eigenvalue weighted by Gasteiger charge is 2.75. The summed E-state index contributed by atoms with van der Waals surface area (Å²) in [5.74, 6) is -0.0884. The molecule has 2 saturated heterocycles. The van der Waals surface area contributed by atoms with Gasteiger partial charge in [0.2, 0.25) is 0 Å². The zero-order chi connectivity index (χ0) is 20.2. The minimum Gasteiger partial charge on any atom is -0.469 e. The van der Waals surface area contributed by atoms with Gasteiger partial charge in [-0.25, -0.2) is 4.79 Å². The maximum atomic E-state index is 12.5. The summed E-state index contributed by atoms with van der Waals surface area (Å²) in [6.45, 7) is 3.03. The normalized spacial score (nSPS) is 32.2. The van der Waals surface area contributed by atoms with E-state index < -0.39 is 0 Å². The highest BCUT2D eigenvalue weighted by molar-refractivity contribution is 7.80. The molecular formula is C21H25N3O4S. The standard InChI is InChI=1S/C21H25N3O4S/c1-27-17(25)20-12-21(13-20,14-20)24-10-16-9-22(7-8-23(16)18(24)29)19(26)28-11-15-5-3-2-4-6-15/h2-6,16H,7-14H2,1H3/t16-,20?,21?/m0/s1. The van der Waals surface area contributed by atoms with Gasteiger partial charge in [-0.05, 0) is 37.0 Å². The Morgan fingerprint density at radius 1 is 1.14 bits per heavy atom. The lowest BCUT2D eigenvalue weighted by Gasteiger charge is -2.71. The van der Waals surface area contributed by atoms with Gasteiger partial charge in [-0.2, -0.15) is 0 Å². The van der Waals surface area contributed by atoms with E-state index in [0.717, 1.165) is 43.0 Å². The summed E-state index contributed by atoms with van der Waals surface area (Å²) >= 11 is 5.76. The van der Waals surface area contributed by atoms with Gasteiger partial charge in [0.05, 0.1) is 18.6 Å². The molecule has 0 radical (unpaired) electrons. The lowest BCUT2D eigenvalue weighted by molar-refractivity contribution is -0.220. The van der Waals surface area contributed by atoms with Gasteiger partial charge in [0.1, 0.15) is 6.61 Å². The molecule has 5 fully saturated rings. The van der Waals surface area contributed by atoms with Crippen molar-refractivity contribution in [1.82, 2.24) is 14.7 Å². The molecule has 2 heterocycles. The van der Waals surface area contributed by atoms with E-state index in [2.05, 4.69) is 9.80 Å². The van der Waals surface area contributed by atoms with Crippen LogP contribution in [0.1, 0.15) is 24.8 Å². The first-order valence-electron chi connectivity index (χ1n) is 10.1. The Morgan fingerprint density at radius 2 is 1.86 bits per heavy atom. The number of piperazine rings is 1. The third-order valence-corrected chi connectivity index (χ3v) is 7.46. The van der Waals surface area contributed by atoms with Gasteiger partial charge in [-0.1, -0.05) is 30.3 Å². The van der Waals surface area contributed by atoms with E-state index in [1.54, 1.807) is 4.90 Å². The smallest absolute Gasteiger partial charge is 0.410 e. The number of rotatable bonds is 4. The second kappa shape index (κ2) is 6.58. The number of fused-ring (bicyclic) bond motifs is 1. The largest absolute Gasteiger partial charge is 0.469 e. The average molecular weight is 416 g/mol. The van der Waals surface area contributed by atoms with Crippen LogP contribution in [-0.2, 0) is 20.9 Å². The summed E-state index contributed by atoms with van der Waals surface area (Å²) in [6, 6.07) is 9.89. The molecule has 6 rings (SSSR count). The predicted molar refractivity (Wildman–Crippen MR) is 109 cm³/mol. The van der Waals surface area contributed by atoms with Crippen LogP contribution >= 0.6 is 12.2 Å². The molecule has 8 heteroatoms. The molecule has 1 amide bonds. The summed E-state index contributed by atoms with van der Waals surface area (Å²) in [4.78, 5) is 30.8. The number of benzene rings is 1. The van der Waals surface area contributed by atoms with Crippen molar-refractivity contribution in [3.63, 3.8) is 0 Å². The van der Waals surface area contributed by atoms with Crippen molar-refractivity contribution in [2.75, 3.05) is 33.3 Å². The van der Waals surface area contributed by atoms with Crippen molar-refractivity contribution < 1.29 is 19.1 Å². The van der Waals surface area contributed by atoms with E-state index in [4.69, 9.17) is 21.7 Å². The average Bonchev–Trinajstić information content (AvgIpc) is 3.00. The van der Waals surface area contributed by atoms with Crippen LogP contribution in [0.25, 0.3) is 0 Å². The first kappa shape index (κ1) is 18.7. The van der Waals surface area contributed by atoms with Gasteiger partial charge in [0, 0.05) is 31.7 Å². The summed E-state index contributed by atoms with van der Waals surface area (Å²) < 4.78 is 10.5. The van der Waals surface area contributed by atoms with Crippen LogP contribution < -0.4 is 0 Å². The molecule has 154 valence electrons. The lowest BCUT2D eigenvalue weighted by Crippen LogP contribution is -2.77. The second-order valence-corrected chi connectivity index (χ2v) is 9.12. The SMILES string of the molecule is COC(=O)C12CC(N3C[C@@H]4CN(C(=O)OCc5ccccc5)CCN4C3=S)(C1)C2. The first-order chi connectivity index (χ1) is 14.0. The lowest BCUT2D eigenvalue weighted by atomic mass is 9.39. The van der Waals surface area contributed by atoms with E-state index in [-0.39, 0.29) is 35.7 Å². The summed E-state index contributed by atoms with van der Waals surface area (Å²) in [5, 5.41) is 0.866. The Kier molecular flexibility index (Phi) is 4.24. The highest BCUT2D eigenvalue weighted by Crippen LogP contribution is 2.70. The molecule has 29 heavy (non-hydrogen) atoms. The van der Waals surface area contributed by atoms with E-state index in [1.165, 1.54) is 7.11 Å². The van der Waals surface area contributed by atoms with E-state index in [0.29, 0.717) is 13.1 Å². The molecule has 2 bridgehead atoms. The van der Waals surface area contributed by atoms with Crippen LogP contribution in [-0.4, -0.2) is 76.7 Å². The number of hydrogen-bond acceptors (Lipinski definition) is 5. The molecule has 2 aliphatic heterocycles. The minimum absolute atomic E-state index is 0.0151. The Bertz CT molecular complexity index is 841. The van der Waals surface area contributed by atoms with Crippen LogP contribution in [0.5, 0.6) is 0 Å². The van der Waals surface area contributed by atoms with Gasteiger partial charge in [0.15, 0.2) is 5.11 Å². The van der Waals surface area contributed by atoms with Gasteiger partial charge in [-0.15, -0.1) is 0 Å².